The summed E-state index contributed by atoms with van der Waals surface area (Å²) < 4.78 is 1.72. The SMILES string of the molecule is C/C(=N\N=C(N)N)c1cn(C)nc1C. The van der Waals surface area contributed by atoms with Crippen LogP contribution in [-0.2, 0) is 7.05 Å². The predicted molar refractivity (Wildman–Crippen MR) is 56.0 cm³/mol. The lowest BCUT2D eigenvalue weighted by atomic mass is 10.2. The highest BCUT2D eigenvalue weighted by Gasteiger charge is 2.05. The van der Waals surface area contributed by atoms with Crippen molar-refractivity contribution in [2.45, 2.75) is 13.8 Å². The van der Waals surface area contributed by atoms with Gasteiger partial charge in [-0.3, -0.25) is 4.68 Å². The Hall–Kier alpha value is -1.85. The van der Waals surface area contributed by atoms with E-state index >= 15 is 0 Å². The van der Waals surface area contributed by atoms with Crippen LogP contribution in [-0.4, -0.2) is 21.5 Å². The quantitative estimate of drug-likeness (QED) is 0.385. The molecule has 1 rings (SSSR count). The molecule has 1 aromatic heterocycles. The molecule has 0 amide bonds. The summed E-state index contributed by atoms with van der Waals surface area (Å²) in [6, 6.07) is 0. The molecule has 0 spiro atoms. The van der Waals surface area contributed by atoms with Crippen LogP contribution in [0.25, 0.3) is 0 Å². The van der Waals surface area contributed by atoms with E-state index in [-0.39, 0.29) is 5.96 Å². The summed E-state index contributed by atoms with van der Waals surface area (Å²) in [5.74, 6) is -0.0501. The molecule has 14 heavy (non-hydrogen) atoms. The zero-order chi connectivity index (χ0) is 10.7. The van der Waals surface area contributed by atoms with Crippen molar-refractivity contribution in [1.82, 2.24) is 9.78 Å². The molecule has 0 aliphatic carbocycles. The molecule has 4 N–H and O–H groups in total. The van der Waals surface area contributed by atoms with Gasteiger partial charge in [0.25, 0.3) is 0 Å². The number of nitrogens with zero attached hydrogens (tertiary/aromatic N) is 4. The number of aryl methyl sites for hydroxylation is 2. The van der Waals surface area contributed by atoms with Crippen molar-refractivity contribution >= 4 is 11.7 Å². The molecule has 1 heterocycles. The van der Waals surface area contributed by atoms with Gasteiger partial charge >= 0.3 is 0 Å². The van der Waals surface area contributed by atoms with Gasteiger partial charge in [0.2, 0.25) is 5.96 Å². The fraction of sp³-hybridized carbons (Fsp3) is 0.375. The second kappa shape index (κ2) is 3.91. The Morgan fingerprint density at radius 3 is 2.50 bits per heavy atom. The van der Waals surface area contributed by atoms with Crippen molar-refractivity contribution < 1.29 is 0 Å². The van der Waals surface area contributed by atoms with E-state index in [2.05, 4.69) is 15.3 Å². The Balaban J connectivity index is 3.00. The predicted octanol–water partition coefficient (Wildman–Crippen LogP) is -0.274. The van der Waals surface area contributed by atoms with Crippen molar-refractivity contribution in [3.8, 4) is 0 Å². The zero-order valence-corrected chi connectivity index (χ0v) is 8.52. The van der Waals surface area contributed by atoms with Crippen molar-refractivity contribution in [1.29, 1.82) is 0 Å². The third-order valence-corrected chi connectivity index (χ3v) is 1.72. The lowest BCUT2D eigenvalue weighted by molar-refractivity contribution is 0.756. The van der Waals surface area contributed by atoms with Gasteiger partial charge in [0.1, 0.15) is 0 Å². The van der Waals surface area contributed by atoms with Crippen molar-refractivity contribution in [2.75, 3.05) is 0 Å². The van der Waals surface area contributed by atoms with Gasteiger partial charge in [-0.1, -0.05) is 0 Å². The topological polar surface area (TPSA) is 94.6 Å². The third-order valence-electron chi connectivity index (χ3n) is 1.72. The van der Waals surface area contributed by atoms with E-state index in [1.165, 1.54) is 0 Å². The summed E-state index contributed by atoms with van der Waals surface area (Å²) in [5.41, 5.74) is 12.9. The molecule has 0 aliphatic rings. The van der Waals surface area contributed by atoms with Gasteiger partial charge in [-0.05, 0) is 13.8 Å². The van der Waals surface area contributed by atoms with Crippen molar-refractivity contribution in [3.05, 3.63) is 17.5 Å². The summed E-state index contributed by atoms with van der Waals surface area (Å²) in [7, 11) is 1.85. The second-order valence-corrected chi connectivity index (χ2v) is 3.01. The summed E-state index contributed by atoms with van der Waals surface area (Å²) in [4.78, 5) is 0. The van der Waals surface area contributed by atoms with Crippen molar-refractivity contribution in [2.24, 2.45) is 28.7 Å². The molecule has 0 unspecified atom stereocenters. The summed E-state index contributed by atoms with van der Waals surface area (Å²) in [5, 5.41) is 11.6. The third kappa shape index (κ3) is 2.32. The van der Waals surface area contributed by atoms with Gasteiger partial charge in [-0.2, -0.15) is 10.2 Å². The Morgan fingerprint density at radius 2 is 2.07 bits per heavy atom. The maximum absolute atomic E-state index is 5.16. The van der Waals surface area contributed by atoms with Crippen LogP contribution in [0.2, 0.25) is 0 Å². The molecule has 6 heteroatoms. The molecule has 6 nitrogen and oxygen atoms in total. The van der Waals surface area contributed by atoms with E-state index in [1.54, 1.807) is 4.68 Å². The highest BCUT2D eigenvalue weighted by Crippen LogP contribution is 2.06. The molecule has 1 aromatic rings. The Labute approximate surface area is 82.3 Å². The summed E-state index contributed by atoms with van der Waals surface area (Å²) >= 11 is 0. The van der Waals surface area contributed by atoms with Crippen LogP contribution in [0.1, 0.15) is 18.2 Å². The maximum atomic E-state index is 5.16. The minimum atomic E-state index is -0.0501. The number of nitrogens with two attached hydrogens (primary N) is 2. The fourth-order valence-corrected chi connectivity index (χ4v) is 1.14. The number of hydrogen-bond acceptors (Lipinski definition) is 3. The van der Waals surface area contributed by atoms with Crippen LogP contribution in [0.3, 0.4) is 0 Å². The molecule has 0 aliphatic heterocycles. The number of hydrogen-bond donors (Lipinski definition) is 2. The Kier molecular flexibility index (Phi) is 2.85. The first kappa shape index (κ1) is 10.2. The van der Waals surface area contributed by atoms with Crippen LogP contribution in [0.4, 0.5) is 0 Å². The first-order valence-corrected chi connectivity index (χ1v) is 4.14. The molecule has 0 radical (unpaired) electrons. The second-order valence-electron chi connectivity index (χ2n) is 3.01. The van der Waals surface area contributed by atoms with Crippen LogP contribution < -0.4 is 11.5 Å². The van der Waals surface area contributed by atoms with E-state index in [0.29, 0.717) is 0 Å². The minimum Gasteiger partial charge on any atom is -0.369 e. The van der Waals surface area contributed by atoms with Crippen molar-refractivity contribution in [3.63, 3.8) is 0 Å². The molecule has 0 saturated heterocycles. The highest BCUT2D eigenvalue weighted by atomic mass is 15.3. The minimum absolute atomic E-state index is 0.0501. The van der Waals surface area contributed by atoms with Crippen LogP contribution in [0.5, 0.6) is 0 Å². The Bertz CT molecular complexity index is 383. The number of rotatable bonds is 2. The van der Waals surface area contributed by atoms with Gasteiger partial charge in [0, 0.05) is 18.8 Å². The standard InChI is InChI=1S/C8H14N6/c1-5(11-12-8(9)10)7-4-14(3)13-6(7)2/h4H,1-3H3,(H4,9,10,12)/b11-5+. The lowest BCUT2D eigenvalue weighted by Gasteiger charge is -1.94. The molecule has 0 aromatic carbocycles. The van der Waals surface area contributed by atoms with E-state index < -0.39 is 0 Å². The molecular weight excluding hydrogens is 180 g/mol. The number of guanidine groups is 1. The normalized spacial score (nSPS) is 11.5. The van der Waals surface area contributed by atoms with Gasteiger partial charge < -0.3 is 11.5 Å². The monoisotopic (exact) mass is 194 g/mol. The first-order chi connectivity index (χ1) is 6.50. The molecule has 76 valence electrons. The highest BCUT2D eigenvalue weighted by molar-refractivity contribution is 5.99. The summed E-state index contributed by atoms with van der Waals surface area (Å²) in [6.07, 6.45) is 1.87. The molecular formula is C8H14N6. The van der Waals surface area contributed by atoms with E-state index in [9.17, 15) is 0 Å². The van der Waals surface area contributed by atoms with E-state index in [1.807, 2.05) is 27.1 Å². The van der Waals surface area contributed by atoms with Crippen LogP contribution in [0, 0.1) is 6.92 Å². The van der Waals surface area contributed by atoms with Gasteiger partial charge in [-0.15, -0.1) is 5.10 Å². The van der Waals surface area contributed by atoms with Crippen LogP contribution >= 0.6 is 0 Å². The van der Waals surface area contributed by atoms with E-state index in [4.69, 9.17) is 11.5 Å². The van der Waals surface area contributed by atoms with Gasteiger partial charge in [0.05, 0.1) is 11.4 Å². The summed E-state index contributed by atoms with van der Waals surface area (Å²) in [6.45, 7) is 3.74. The number of aromatic nitrogens is 2. The largest absolute Gasteiger partial charge is 0.369 e. The van der Waals surface area contributed by atoms with E-state index in [0.717, 1.165) is 17.0 Å². The average Bonchev–Trinajstić information content (AvgIpc) is 2.41. The van der Waals surface area contributed by atoms with Gasteiger partial charge in [0.15, 0.2) is 0 Å². The molecule has 0 fully saturated rings. The first-order valence-electron chi connectivity index (χ1n) is 4.14. The molecule has 0 atom stereocenters. The lowest BCUT2D eigenvalue weighted by Crippen LogP contribution is -2.22. The molecule has 0 bridgehead atoms. The average molecular weight is 194 g/mol. The maximum Gasteiger partial charge on any atom is 0.211 e. The van der Waals surface area contributed by atoms with Gasteiger partial charge in [-0.25, -0.2) is 0 Å². The fourth-order valence-electron chi connectivity index (χ4n) is 1.14. The molecule has 0 saturated carbocycles. The smallest absolute Gasteiger partial charge is 0.211 e. The zero-order valence-electron chi connectivity index (χ0n) is 8.52. The van der Waals surface area contributed by atoms with Crippen LogP contribution in [0.15, 0.2) is 16.4 Å². The Morgan fingerprint density at radius 1 is 1.43 bits per heavy atom.